The molecule has 0 amide bonds. The van der Waals surface area contributed by atoms with Crippen LogP contribution in [0.3, 0.4) is 0 Å². The molecule has 0 aliphatic heterocycles. The van der Waals surface area contributed by atoms with E-state index in [4.69, 9.17) is 4.42 Å². The minimum absolute atomic E-state index is 0.308. The van der Waals surface area contributed by atoms with Gasteiger partial charge in [0.1, 0.15) is 5.58 Å². The SMILES string of the molecule is C=C/C=C/c1c(C)c2cc(C)ccc2oc1=O. The molecule has 0 unspecified atom stereocenters. The Morgan fingerprint density at radius 3 is 2.76 bits per heavy atom. The average Bonchev–Trinajstić information content (AvgIpc) is 2.30. The van der Waals surface area contributed by atoms with Crippen molar-refractivity contribution in [1.82, 2.24) is 0 Å². The van der Waals surface area contributed by atoms with Gasteiger partial charge in [-0.15, -0.1) is 0 Å². The molecule has 0 aliphatic rings. The Hall–Kier alpha value is -2.09. The van der Waals surface area contributed by atoms with Crippen molar-refractivity contribution in [3.63, 3.8) is 0 Å². The van der Waals surface area contributed by atoms with E-state index < -0.39 is 0 Å². The molecule has 0 saturated heterocycles. The van der Waals surface area contributed by atoms with Crippen LogP contribution in [0.2, 0.25) is 0 Å². The summed E-state index contributed by atoms with van der Waals surface area (Å²) in [6.45, 7) is 7.54. The summed E-state index contributed by atoms with van der Waals surface area (Å²) in [4.78, 5) is 11.8. The molecular weight excluding hydrogens is 212 g/mol. The Kier molecular flexibility index (Phi) is 2.96. The van der Waals surface area contributed by atoms with E-state index in [2.05, 4.69) is 6.58 Å². The third-order valence-corrected chi connectivity index (χ3v) is 2.76. The van der Waals surface area contributed by atoms with Crippen molar-refractivity contribution < 1.29 is 4.42 Å². The summed E-state index contributed by atoms with van der Waals surface area (Å²) >= 11 is 0. The fourth-order valence-corrected chi connectivity index (χ4v) is 1.84. The second-order valence-corrected chi connectivity index (χ2v) is 4.02. The molecule has 0 N–H and O–H groups in total. The van der Waals surface area contributed by atoms with Gasteiger partial charge in [0, 0.05) is 5.39 Å². The zero-order valence-electron chi connectivity index (χ0n) is 9.99. The lowest BCUT2D eigenvalue weighted by atomic mass is 10.0. The number of benzene rings is 1. The molecule has 1 heterocycles. The van der Waals surface area contributed by atoms with Gasteiger partial charge in [0.25, 0.3) is 0 Å². The normalized spacial score (nSPS) is 11.2. The molecule has 0 aliphatic carbocycles. The molecule has 0 saturated carbocycles. The molecule has 2 nitrogen and oxygen atoms in total. The van der Waals surface area contributed by atoms with Gasteiger partial charge >= 0.3 is 5.63 Å². The van der Waals surface area contributed by atoms with Crippen LogP contribution in [0.1, 0.15) is 16.7 Å². The topological polar surface area (TPSA) is 30.2 Å². The van der Waals surface area contributed by atoms with Crippen molar-refractivity contribution in [2.45, 2.75) is 13.8 Å². The highest BCUT2D eigenvalue weighted by Crippen LogP contribution is 2.21. The fraction of sp³-hybridized carbons (Fsp3) is 0.133. The maximum Gasteiger partial charge on any atom is 0.343 e. The third-order valence-electron chi connectivity index (χ3n) is 2.76. The van der Waals surface area contributed by atoms with Crippen LogP contribution in [0.15, 0.2) is 46.1 Å². The molecule has 0 fully saturated rings. The second kappa shape index (κ2) is 4.42. The Morgan fingerprint density at radius 2 is 2.06 bits per heavy atom. The fourth-order valence-electron chi connectivity index (χ4n) is 1.84. The molecule has 86 valence electrons. The van der Waals surface area contributed by atoms with Crippen LogP contribution >= 0.6 is 0 Å². The summed E-state index contributed by atoms with van der Waals surface area (Å²) in [5.41, 5.74) is 3.00. The second-order valence-electron chi connectivity index (χ2n) is 4.02. The molecule has 1 aromatic heterocycles. The number of hydrogen-bond acceptors (Lipinski definition) is 2. The van der Waals surface area contributed by atoms with E-state index in [0.29, 0.717) is 11.1 Å². The van der Waals surface area contributed by atoms with Crippen LogP contribution in [0.25, 0.3) is 17.0 Å². The van der Waals surface area contributed by atoms with E-state index >= 15 is 0 Å². The Labute approximate surface area is 99.9 Å². The largest absolute Gasteiger partial charge is 0.422 e. The van der Waals surface area contributed by atoms with Gasteiger partial charge in [-0.05, 0) is 37.6 Å². The van der Waals surface area contributed by atoms with E-state index in [1.54, 1.807) is 18.2 Å². The molecular formula is C15H14O2. The Balaban J connectivity index is 2.82. The standard InChI is InChI=1S/C15H14O2/c1-4-5-6-12-11(3)13-9-10(2)7-8-14(13)17-15(12)16/h4-9H,1H2,2-3H3/b6-5+. The van der Waals surface area contributed by atoms with Gasteiger partial charge < -0.3 is 4.42 Å². The molecule has 2 aromatic rings. The van der Waals surface area contributed by atoms with Crippen LogP contribution in [0.5, 0.6) is 0 Å². The summed E-state index contributed by atoms with van der Waals surface area (Å²) in [5.74, 6) is 0. The number of aryl methyl sites for hydroxylation is 2. The minimum atomic E-state index is -0.308. The Morgan fingerprint density at radius 1 is 1.29 bits per heavy atom. The zero-order chi connectivity index (χ0) is 12.4. The number of hydrogen-bond donors (Lipinski definition) is 0. The maximum atomic E-state index is 11.8. The number of rotatable bonds is 2. The monoisotopic (exact) mass is 226 g/mol. The van der Waals surface area contributed by atoms with Gasteiger partial charge in [-0.25, -0.2) is 4.79 Å². The van der Waals surface area contributed by atoms with E-state index in [1.165, 1.54) is 0 Å². The van der Waals surface area contributed by atoms with Crippen molar-refractivity contribution in [2.24, 2.45) is 0 Å². The summed E-state index contributed by atoms with van der Waals surface area (Å²) in [6.07, 6.45) is 5.11. The maximum absolute atomic E-state index is 11.8. The molecule has 2 rings (SSSR count). The quantitative estimate of drug-likeness (QED) is 0.578. The van der Waals surface area contributed by atoms with Gasteiger partial charge in [0.15, 0.2) is 0 Å². The van der Waals surface area contributed by atoms with Crippen LogP contribution in [0, 0.1) is 13.8 Å². The first kappa shape index (κ1) is 11.4. The van der Waals surface area contributed by atoms with Crippen LogP contribution in [-0.4, -0.2) is 0 Å². The molecule has 0 atom stereocenters. The highest BCUT2D eigenvalue weighted by atomic mass is 16.4. The lowest BCUT2D eigenvalue weighted by molar-refractivity contribution is 0.558. The number of fused-ring (bicyclic) bond motifs is 1. The van der Waals surface area contributed by atoms with E-state index in [9.17, 15) is 4.79 Å². The average molecular weight is 226 g/mol. The van der Waals surface area contributed by atoms with E-state index in [0.717, 1.165) is 16.5 Å². The summed E-state index contributed by atoms with van der Waals surface area (Å²) in [6, 6.07) is 5.79. The van der Waals surface area contributed by atoms with Gasteiger partial charge in [-0.1, -0.05) is 30.4 Å². The first-order valence-electron chi connectivity index (χ1n) is 5.46. The van der Waals surface area contributed by atoms with Gasteiger partial charge in [0.2, 0.25) is 0 Å². The van der Waals surface area contributed by atoms with Crippen molar-refractivity contribution >= 4 is 17.0 Å². The highest BCUT2D eigenvalue weighted by molar-refractivity contribution is 5.83. The lowest BCUT2D eigenvalue weighted by Gasteiger charge is -2.05. The van der Waals surface area contributed by atoms with Gasteiger partial charge in [0.05, 0.1) is 5.56 Å². The number of allylic oxidation sites excluding steroid dienone is 2. The predicted molar refractivity (Wildman–Crippen MR) is 71.2 cm³/mol. The summed E-state index contributed by atoms with van der Waals surface area (Å²) < 4.78 is 5.28. The Bertz CT molecular complexity index is 660. The van der Waals surface area contributed by atoms with Crippen LogP contribution < -0.4 is 5.63 Å². The molecule has 0 spiro atoms. The minimum Gasteiger partial charge on any atom is -0.422 e. The van der Waals surface area contributed by atoms with E-state index in [-0.39, 0.29) is 5.63 Å². The smallest absolute Gasteiger partial charge is 0.343 e. The van der Waals surface area contributed by atoms with Crippen LogP contribution in [0.4, 0.5) is 0 Å². The summed E-state index contributed by atoms with van der Waals surface area (Å²) in [5, 5.41) is 0.980. The van der Waals surface area contributed by atoms with Crippen molar-refractivity contribution in [3.05, 3.63) is 64.0 Å². The van der Waals surface area contributed by atoms with Crippen molar-refractivity contribution in [1.29, 1.82) is 0 Å². The van der Waals surface area contributed by atoms with Crippen molar-refractivity contribution in [2.75, 3.05) is 0 Å². The predicted octanol–water partition coefficient (Wildman–Crippen LogP) is 3.61. The first-order chi connectivity index (χ1) is 8.13. The zero-order valence-corrected chi connectivity index (χ0v) is 9.99. The molecule has 17 heavy (non-hydrogen) atoms. The van der Waals surface area contributed by atoms with Crippen LogP contribution in [-0.2, 0) is 0 Å². The van der Waals surface area contributed by atoms with Gasteiger partial charge in [-0.3, -0.25) is 0 Å². The third kappa shape index (κ3) is 2.07. The molecule has 1 aromatic carbocycles. The lowest BCUT2D eigenvalue weighted by Crippen LogP contribution is -2.05. The summed E-state index contributed by atoms with van der Waals surface area (Å²) in [7, 11) is 0. The van der Waals surface area contributed by atoms with Crippen molar-refractivity contribution in [3.8, 4) is 0 Å². The van der Waals surface area contributed by atoms with Gasteiger partial charge in [-0.2, -0.15) is 0 Å². The molecule has 2 heteroatoms. The van der Waals surface area contributed by atoms with E-state index in [1.807, 2.05) is 32.0 Å². The molecule has 0 radical (unpaired) electrons. The first-order valence-corrected chi connectivity index (χ1v) is 5.46. The highest BCUT2D eigenvalue weighted by Gasteiger charge is 2.08. The molecule has 0 bridgehead atoms.